The van der Waals surface area contributed by atoms with Crippen molar-refractivity contribution in [1.29, 1.82) is 0 Å². The Morgan fingerprint density at radius 3 is 2.44 bits per heavy atom. The summed E-state index contributed by atoms with van der Waals surface area (Å²) in [5.74, 6) is -1.37. The standard InChI is InChI=1S/C19H13BrN2O3/c20-14-9-5-10-15(12-14)22-18(24)16(17(23)21-19(22)25)11-4-8-13-6-2-1-3-7-13/h1-12H,(H,21,23,25)/b8-4+,16-11-. The number of rotatable bonds is 3. The normalized spacial score (nSPS) is 16.6. The molecule has 5 nitrogen and oxygen atoms in total. The second-order valence-corrected chi connectivity index (χ2v) is 6.15. The fourth-order valence-corrected chi connectivity index (χ4v) is 2.73. The molecule has 0 radical (unpaired) electrons. The number of carbonyl (C=O) groups excluding carboxylic acids is 3. The third kappa shape index (κ3) is 3.75. The molecule has 0 atom stereocenters. The quantitative estimate of drug-likeness (QED) is 0.635. The fraction of sp³-hybridized carbons (Fsp3) is 0. The molecule has 0 bridgehead atoms. The van der Waals surface area contributed by atoms with Gasteiger partial charge in [0.25, 0.3) is 11.8 Å². The molecule has 1 aliphatic rings. The largest absolute Gasteiger partial charge is 0.335 e. The highest BCUT2D eigenvalue weighted by molar-refractivity contribution is 9.10. The number of allylic oxidation sites excluding steroid dienone is 2. The van der Waals surface area contributed by atoms with Crippen molar-refractivity contribution in [2.45, 2.75) is 0 Å². The number of hydrogen-bond acceptors (Lipinski definition) is 3. The van der Waals surface area contributed by atoms with E-state index in [0.29, 0.717) is 5.69 Å². The minimum Gasteiger partial charge on any atom is -0.273 e. The molecule has 1 saturated heterocycles. The molecule has 1 fully saturated rings. The van der Waals surface area contributed by atoms with Gasteiger partial charge in [-0.2, -0.15) is 0 Å². The second kappa shape index (κ2) is 7.27. The lowest BCUT2D eigenvalue weighted by atomic mass is 10.1. The summed E-state index contributed by atoms with van der Waals surface area (Å²) in [5, 5.41) is 2.19. The highest BCUT2D eigenvalue weighted by Crippen LogP contribution is 2.23. The minimum atomic E-state index is -0.766. The van der Waals surface area contributed by atoms with Gasteiger partial charge in [-0.25, -0.2) is 9.69 Å². The number of hydrogen-bond donors (Lipinski definition) is 1. The molecule has 0 aliphatic carbocycles. The van der Waals surface area contributed by atoms with Crippen LogP contribution in [-0.4, -0.2) is 17.8 Å². The topological polar surface area (TPSA) is 66.5 Å². The molecule has 1 aliphatic heterocycles. The molecule has 0 saturated carbocycles. The monoisotopic (exact) mass is 396 g/mol. The molecule has 1 N–H and O–H groups in total. The maximum Gasteiger partial charge on any atom is 0.335 e. The summed E-state index contributed by atoms with van der Waals surface area (Å²) in [6.07, 6.45) is 4.78. The first kappa shape index (κ1) is 16.9. The van der Waals surface area contributed by atoms with Crippen molar-refractivity contribution in [1.82, 2.24) is 5.32 Å². The van der Waals surface area contributed by atoms with E-state index in [1.165, 1.54) is 6.08 Å². The van der Waals surface area contributed by atoms with E-state index in [9.17, 15) is 14.4 Å². The van der Waals surface area contributed by atoms with Gasteiger partial charge in [0.05, 0.1) is 5.69 Å². The SMILES string of the molecule is O=C1NC(=O)N(c2cccc(Br)c2)C(=O)/C1=C\C=C\c1ccccc1. The van der Waals surface area contributed by atoms with Gasteiger partial charge in [-0.1, -0.05) is 64.5 Å². The van der Waals surface area contributed by atoms with Crippen LogP contribution in [0.3, 0.4) is 0 Å². The van der Waals surface area contributed by atoms with Gasteiger partial charge >= 0.3 is 6.03 Å². The fourth-order valence-electron chi connectivity index (χ4n) is 2.35. The van der Waals surface area contributed by atoms with E-state index in [2.05, 4.69) is 21.2 Å². The van der Waals surface area contributed by atoms with Crippen LogP contribution in [0.15, 0.2) is 76.8 Å². The zero-order valence-corrected chi connectivity index (χ0v) is 14.6. The Bertz CT molecular complexity index is 904. The maximum absolute atomic E-state index is 12.6. The summed E-state index contributed by atoms with van der Waals surface area (Å²) in [6, 6.07) is 15.4. The number of amides is 4. The average molecular weight is 397 g/mol. The number of anilines is 1. The summed E-state index contributed by atoms with van der Waals surface area (Å²) in [7, 11) is 0. The average Bonchev–Trinajstić information content (AvgIpc) is 2.58. The number of nitrogens with zero attached hydrogens (tertiary/aromatic N) is 1. The van der Waals surface area contributed by atoms with Gasteiger partial charge in [0.2, 0.25) is 0 Å². The Balaban J connectivity index is 1.90. The maximum atomic E-state index is 12.6. The van der Waals surface area contributed by atoms with Gasteiger partial charge in [0.1, 0.15) is 5.57 Å². The van der Waals surface area contributed by atoms with E-state index in [1.54, 1.807) is 36.4 Å². The van der Waals surface area contributed by atoms with Crippen molar-refractivity contribution >= 4 is 45.5 Å². The lowest BCUT2D eigenvalue weighted by Gasteiger charge is -2.26. The van der Waals surface area contributed by atoms with Crippen LogP contribution in [-0.2, 0) is 9.59 Å². The van der Waals surface area contributed by atoms with Crippen LogP contribution in [0.1, 0.15) is 5.56 Å². The molecular weight excluding hydrogens is 384 g/mol. The Kier molecular flexibility index (Phi) is 4.90. The molecule has 4 amide bonds. The van der Waals surface area contributed by atoms with Crippen molar-refractivity contribution in [2.24, 2.45) is 0 Å². The van der Waals surface area contributed by atoms with Crippen molar-refractivity contribution in [3.8, 4) is 0 Å². The smallest absolute Gasteiger partial charge is 0.273 e. The molecule has 0 aromatic heterocycles. The zero-order valence-electron chi connectivity index (χ0n) is 13.0. The van der Waals surface area contributed by atoms with E-state index in [4.69, 9.17) is 0 Å². The van der Waals surface area contributed by atoms with Gasteiger partial charge in [0.15, 0.2) is 0 Å². The van der Waals surface area contributed by atoms with Crippen LogP contribution >= 0.6 is 15.9 Å². The van der Waals surface area contributed by atoms with E-state index < -0.39 is 17.8 Å². The summed E-state index contributed by atoms with van der Waals surface area (Å²) < 4.78 is 0.719. The highest BCUT2D eigenvalue weighted by Gasteiger charge is 2.36. The summed E-state index contributed by atoms with van der Waals surface area (Å²) >= 11 is 3.30. The van der Waals surface area contributed by atoms with Crippen LogP contribution in [0.4, 0.5) is 10.5 Å². The van der Waals surface area contributed by atoms with E-state index in [-0.39, 0.29) is 5.57 Å². The zero-order chi connectivity index (χ0) is 17.8. The van der Waals surface area contributed by atoms with Crippen LogP contribution in [0.5, 0.6) is 0 Å². The first-order valence-electron chi connectivity index (χ1n) is 7.45. The molecule has 6 heteroatoms. The van der Waals surface area contributed by atoms with Crippen LogP contribution in [0.2, 0.25) is 0 Å². The number of benzene rings is 2. The molecule has 25 heavy (non-hydrogen) atoms. The van der Waals surface area contributed by atoms with Crippen molar-refractivity contribution in [3.63, 3.8) is 0 Å². The number of halogens is 1. The Morgan fingerprint density at radius 1 is 0.960 bits per heavy atom. The molecule has 2 aromatic rings. The summed E-state index contributed by atoms with van der Waals surface area (Å²) in [6.45, 7) is 0. The van der Waals surface area contributed by atoms with Crippen LogP contribution in [0.25, 0.3) is 6.08 Å². The molecule has 2 aromatic carbocycles. The first-order chi connectivity index (χ1) is 12.1. The molecule has 0 unspecified atom stereocenters. The van der Waals surface area contributed by atoms with Gasteiger partial charge in [-0.05, 0) is 29.8 Å². The first-order valence-corrected chi connectivity index (χ1v) is 8.24. The van der Waals surface area contributed by atoms with Gasteiger partial charge in [-0.15, -0.1) is 0 Å². The number of imide groups is 2. The predicted octanol–water partition coefficient (Wildman–Crippen LogP) is 3.67. The van der Waals surface area contributed by atoms with Crippen LogP contribution in [0, 0.1) is 0 Å². The lowest BCUT2D eigenvalue weighted by Crippen LogP contribution is -2.54. The van der Waals surface area contributed by atoms with E-state index in [0.717, 1.165) is 14.9 Å². The third-order valence-electron chi connectivity index (χ3n) is 3.52. The third-order valence-corrected chi connectivity index (χ3v) is 4.01. The Labute approximate surface area is 152 Å². The Hall–Kier alpha value is -2.99. The number of carbonyl (C=O) groups is 3. The van der Waals surface area contributed by atoms with Crippen molar-refractivity contribution in [2.75, 3.05) is 4.90 Å². The molecule has 3 rings (SSSR count). The van der Waals surface area contributed by atoms with Gasteiger partial charge in [0, 0.05) is 4.47 Å². The molecule has 0 spiro atoms. The minimum absolute atomic E-state index is 0.105. The number of nitrogens with one attached hydrogen (secondary N) is 1. The summed E-state index contributed by atoms with van der Waals surface area (Å²) in [5.41, 5.74) is 1.21. The molecule has 1 heterocycles. The molecular formula is C19H13BrN2O3. The van der Waals surface area contributed by atoms with E-state index >= 15 is 0 Å². The lowest BCUT2D eigenvalue weighted by molar-refractivity contribution is -0.122. The van der Waals surface area contributed by atoms with Crippen LogP contribution < -0.4 is 10.2 Å². The number of urea groups is 1. The van der Waals surface area contributed by atoms with Crippen molar-refractivity contribution in [3.05, 3.63) is 82.4 Å². The van der Waals surface area contributed by atoms with Crippen molar-refractivity contribution < 1.29 is 14.4 Å². The predicted molar refractivity (Wildman–Crippen MR) is 98.7 cm³/mol. The van der Waals surface area contributed by atoms with E-state index in [1.807, 2.05) is 30.3 Å². The second-order valence-electron chi connectivity index (χ2n) is 5.23. The Morgan fingerprint density at radius 2 is 1.72 bits per heavy atom. The number of barbiturate groups is 1. The van der Waals surface area contributed by atoms with Gasteiger partial charge < -0.3 is 0 Å². The molecule has 124 valence electrons. The van der Waals surface area contributed by atoms with Gasteiger partial charge in [-0.3, -0.25) is 14.9 Å². The summed E-state index contributed by atoms with van der Waals surface area (Å²) in [4.78, 5) is 37.7. The highest BCUT2D eigenvalue weighted by atomic mass is 79.9.